The minimum Gasteiger partial charge on any atom is -0.288 e. The van der Waals surface area contributed by atoms with Crippen molar-refractivity contribution in [3.05, 3.63) is 188 Å². The Morgan fingerprint density at radius 3 is 2.05 bits per heavy atom. The maximum Gasteiger partial charge on any atom is 0.178 e. The van der Waals surface area contributed by atoms with Crippen LogP contribution < -0.4 is 10.4 Å². The fourth-order valence-electron chi connectivity index (χ4n) is 8.37. The van der Waals surface area contributed by atoms with Gasteiger partial charge in [-0.2, -0.15) is 10.2 Å². The number of hydrogen-bond acceptors (Lipinski definition) is 15. The topological polar surface area (TPSA) is 183 Å². The highest BCUT2D eigenvalue weighted by Crippen LogP contribution is 2.57. The van der Waals surface area contributed by atoms with Gasteiger partial charge < -0.3 is 0 Å². The first-order chi connectivity index (χ1) is 31.8. The van der Waals surface area contributed by atoms with Gasteiger partial charge in [-0.15, -0.1) is 10.2 Å². The van der Waals surface area contributed by atoms with Gasteiger partial charge in [-0.05, 0) is 59.1 Å². The summed E-state index contributed by atoms with van der Waals surface area (Å²) in [7, 11) is 0. The summed E-state index contributed by atoms with van der Waals surface area (Å²) < 4.78 is 0. The molecule has 0 spiro atoms. The molecule has 0 saturated heterocycles. The van der Waals surface area contributed by atoms with Crippen LogP contribution in [0.25, 0.3) is 89.0 Å². The van der Waals surface area contributed by atoms with Crippen LogP contribution in [-0.2, 0) is 0 Å². The zero-order chi connectivity index (χ0) is 42.4. The zero-order valence-corrected chi connectivity index (χ0v) is 33.4. The van der Waals surface area contributed by atoms with Gasteiger partial charge in [0.15, 0.2) is 17.5 Å². The molecule has 12 rings (SSSR count). The van der Waals surface area contributed by atoms with Gasteiger partial charge in [0.05, 0.1) is 51.9 Å². The Balaban J connectivity index is 1.38. The van der Waals surface area contributed by atoms with Crippen molar-refractivity contribution in [1.82, 2.24) is 70.9 Å². The molecular formula is C49H29N15. The van der Waals surface area contributed by atoms with E-state index >= 15 is 0 Å². The summed E-state index contributed by atoms with van der Waals surface area (Å²) in [6, 6.07) is 37.5. The van der Waals surface area contributed by atoms with E-state index in [4.69, 9.17) is 45.1 Å². The Kier molecular flexibility index (Phi) is 8.70. The average molecular weight is 828 g/mol. The quantitative estimate of drug-likeness (QED) is 0.161. The molecule has 0 amide bonds. The molecular weight excluding hydrogens is 799 g/mol. The molecule has 300 valence electrons. The lowest BCUT2D eigenvalue weighted by Gasteiger charge is -2.38. The molecule has 0 bridgehead atoms. The first-order valence-electron chi connectivity index (χ1n) is 20.2. The smallest absolute Gasteiger partial charge is 0.178 e. The first kappa shape index (κ1) is 36.5. The summed E-state index contributed by atoms with van der Waals surface area (Å²) in [6.07, 6.45) is 15.3. The van der Waals surface area contributed by atoms with Crippen molar-refractivity contribution in [3.63, 3.8) is 0 Å². The summed E-state index contributed by atoms with van der Waals surface area (Å²) in [4.78, 5) is 40.2. The largest absolute Gasteiger partial charge is 0.288 e. The highest BCUT2D eigenvalue weighted by Gasteiger charge is 2.40. The van der Waals surface area contributed by atoms with Gasteiger partial charge in [-0.1, -0.05) is 66.7 Å². The van der Waals surface area contributed by atoms with Crippen molar-refractivity contribution in [2.45, 2.75) is 0 Å². The third kappa shape index (κ3) is 6.10. The molecule has 15 heteroatoms. The van der Waals surface area contributed by atoms with E-state index in [2.05, 4.69) is 44.0 Å². The van der Waals surface area contributed by atoms with E-state index in [1.807, 2.05) is 108 Å². The number of aromatic nitrogens is 13. The molecule has 0 aliphatic carbocycles. The normalized spacial score (nSPS) is 12.4. The molecule has 1 N–H and O–H groups in total. The maximum absolute atomic E-state index is 5.43. The minimum absolute atomic E-state index is 0.387. The standard InChI is InChI=1S/C49H29N15/c1-4-12-32-29(9-1)18-23-52-45(32)44-42-39(35-17-16-30-10-2-5-13-33(30)58-35)40(37-19-24-57-63-61-37)43(48-53-20-8-21-54-48)41(36-15-7-22-56-60-36)47(42)64(38-28-50-25-26-51-38)62-46(44)49-55-27-31-11-3-6-14-34(31)59-49/h1-28,62H. The summed E-state index contributed by atoms with van der Waals surface area (Å²) in [6.45, 7) is 0. The lowest BCUT2D eigenvalue weighted by atomic mass is 9.79. The van der Waals surface area contributed by atoms with Gasteiger partial charge in [0, 0.05) is 92.9 Å². The van der Waals surface area contributed by atoms with Crippen LogP contribution in [0.4, 0.5) is 11.5 Å². The monoisotopic (exact) mass is 827 g/mol. The van der Waals surface area contributed by atoms with Crippen molar-refractivity contribution in [2.75, 3.05) is 5.01 Å². The Morgan fingerprint density at radius 1 is 0.438 bits per heavy atom. The van der Waals surface area contributed by atoms with E-state index in [0.717, 1.165) is 32.6 Å². The lowest BCUT2D eigenvalue weighted by molar-refractivity contribution is 0.853. The van der Waals surface area contributed by atoms with Crippen molar-refractivity contribution in [3.8, 4) is 45.2 Å². The van der Waals surface area contributed by atoms with Crippen LogP contribution in [0.1, 0.15) is 17.1 Å². The van der Waals surface area contributed by atoms with Crippen molar-refractivity contribution >= 4 is 55.4 Å². The predicted octanol–water partition coefficient (Wildman–Crippen LogP) is 8.52. The molecule has 1 aliphatic rings. The zero-order valence-electron chi connectivity index (χ0n) is 33.4. The van der Waals surface area contributed by atoms with Crippen LogP contribution in [-0.4, -0.2) is 65.5 Å². The maximum atomic E-state index is 5.43. The number of benzene rings is 4. The molecule has 0 unspecified atom stereocenters. The third-order valence-electron chi connectivity index (χ3n) is 11.1. The van der Waals surface area contributed by atoms with Crippen molar-refractivity contribution in [2.24, 2.45) is 0 Å². The molecule has 0 atom stereocenters. The number of nitrogens with one attached hydrogen (secondary N) is 1. The highest BCUT2D eigenvalue weighted by molar-refractivity contribution is 6.18. The Hall–Kier alpha value is -9.37. The van der Waals surface area contributed by atoms with Gasteiger partial charge in [-0.3, -0.25) is 15.4 Å². The number of anilines is 2. The molecule has 64 heavy (non-hydrogen) atoms. The SMILES string of the molecule is c1cnc(-c2c(-c3ccnnn3)c(-c3ccc4ccccc4n3)c3c(c2-c2cccnn2)N(c2cnccn2)NC(c2ncc4ccccc4n2)=C3c2nccc3ccccc23)nc1. The van der Waals surface area contributed by atoms with Crippen LogP contribution >= 0.6 is 0 Å². The Labute approximate surface area is 363 Å². The fourth-order valence-corrected chi connectivity index (χ4v) is 8.37. The number of para-hydroxylation sites is 2. The molecule has 8 heterocycles. The first-order valence-corrected chi connectivity index (χ1v) is 20.2. The molecule has 0 saturated carbocycles. The van der Waals surface area contributed by atoms with E-state index in [1.54, 1.807) is 49.4 Å². The van der Waals surface area contributed by atoms with E-state index in [9.17, 15) is 0 Å². The number of hydrogen-bond donors (Lipinski definition) is 1. The Morgan fingerprint density at radius 2 is 1.23 bits per heavy atom. The van der Waals surface area contributed by atoms with Crippen LogP contribution in [0, 0.1) is 0 Å². The van der Waals surface area contributed by atoms with Gasteiger partial charge >= 0.3 is 0 Å². The lowest BCUT2D eigenvalue weighted by Crippen LogP contribution is -2.39. The number of hydrazine groups is 1. The van der Waals surface area contributed by atoms with Gasteiger partial charge in [0.25, 0.3) is 0 Å². The number of fused-ring (bicyclic) bond motifs is 4. The highest BCUT2D eigenvalue weighted by atomic mass is 15.5. The second-order valence-electron chi connectivity index (χ2n) is 14.7. The molecule has 1 aliphatic heterocycles. The van der Waals surface area contributed by atoms with E-state index < -0.39 is 0 Å². The predicted molar refractivity (Wildman–Crippen MR) is 243 cm³/mol. The molecule has 0 fully saturated rings. The van der Waals surface area contributed by atoms with Gasteiger partial charge in [-0.25, -0.2) is 34.9 Å². The van der Waals surface area contributed by atoms with Crippen LogP contribution in [0.15, 0.2) is 171 Å². The van der Waals surface area contributed by atoms with Crippen molar-refractivity contribution in [1.29, 1.82) is 0 Å². The molecule has 0 radical (unpaired) electrons. The fraction of sp³-hybridized carbons (Fsp3) is 0. The number of pyridine rings is 2. The van der Waals surface area contributed by atoms with E-state index in [0.29, 0.717) is 85.0 Å². The second-order valence-corrected chi connectivity index (χ2v) is 14.7. The van der Waals surface area contributed by atoms with E-state index in [-0.39, 0.29) is 0 Å². The molecule has 11 aromatic rings. The summed E-state index contributed by atoms with van der Waals surface area (Å²) in [5.74, 6) is 1.24. The molecule has 7 aromatic heterocycles. The second kappa shape index (κ2) is 15.3. The average Bonchev–Trinajstić information content (AvgIpc) is 3.38. The third-order valence-corrected chi connectivity index (χ3v) is 11.1. The molecule has 4 aromatic carbocycles. The van der Waals surface area contributed by atoms with Crippen LogP contribution in [0.3, 0.4) is 0 Å². The summed E-state index contributed by atoms with van der Waals surface area (Å²) in [5.41, 5.74) is 12.5. The minimum atomic E-state index is 0.387. The van der Waals surface area contributed by atoms with E-state index in [1.165, 1.54) is 0 Å². The van der Waals surface area contributed by atoms with Crippen LogP contribution in [0.5, 0.6) is 0 Å². The summed E-state index contributed by atoms with van der Waals surface area (Å²) in [5, 5.41) is 27.8. The van der Waals surface area contributed by atoms with Crippen LogP contribution in [0.2, 0.25) is 0 Å². The van der Waals surface area contributed by atoms with Crippen molar-refractivity contribution < 1.29 is 0 Å². The summed E-state index contributed by atoms with van der Waals surface area (Å²) >= 11 is 0. The molecule has 15 nitrogen and oxygen atoms in total. The van der Waals surface area contributed by atoms with Gasteiger partial charge in [0.2, 0.25) is 0 Å². The van der Waals surface area contributed by atoms with Gasteiger partial charge in [0.1, 0.15) is 5.70 Å². The number of rotatable bonds is 7. The Bertz CT molecular complexity index is 3590. The number of nitrogens with zero attached hydrogens (tertiary/aromatic N) is 14.